The van der Waals surface area contributed by atoms with Gasteiger partial charge in [-0.2, -0.15) is 0 Å². The van der Waals surface area contributed by atoms with Gasteiger partial charge in [0.25, 0.3) is 0 Å². The Labute approximate surface area is 115 Å². The molecule has 0 aromatic carbocycles. The Morgan fingerprint density at radius 1 is 1.26 bits per heavy atom. The van der Waals surface area contributed by atoms with Crippen molar-refractivity contribution in [3.63, 3.8) is 0 Å². The van der Waals surface area contributed by atoms with Crippen LogP contribution in [0, 0.1) is 12.3 Å². The Balaban J connectivity index is 4.96. The van der Waals surface area contributed by atoms with E-state index in [-0.39, 0.29) is 25.5 Å². The zero-order chi connectivity index (χ0) is 15.1. The third-order valence-corrected chi connectivity index (χ3v) is 2.64. The average Bonchev–Trinajstić information content (AvgIpc) is 2.26. The number of terminal acetylenes is 1. The van der Waals surface area contributed by atoms with Gasteiger partial charge in [-0.25, -0.2) is 4.79 Å². The minimum atomic E-state index is -0.916. The van der Waals surface area contributed by atoms with Crippen LogP contribution in [0.15, 0.2) is 0 Å². The van der Waals surface area contributed by atoms with E-state index in [1.807, 2.05) is 27.7 Å². The lowest BCUT2D eigenvalue weighted by Gasteiger charge is -2.38. The fourth-order valence-electron chi connectivity index (χ4n) is 1.72. The molecule has 5 nitrogen and oxygen atoms in total. The number of nitrogens with zero attached hydrogens (tertiary/aromatic N) is 2. The molecule has 0 saturated heterocycles. The van der Waals surface area contributed by atoms with Crippen LogP contribution in [0.25, 0.3) is 0 Å². The van der Waals surface area contributed by atoms with E-state index < -0.39 is 11.5 Å². The number of carboxylic acids is 1. The molecule has 2 amide bonds. The number of aliphatic carboxylic acids is 1. The minimum absolute atomic E-state index is 0.0704. The van der Waals surface area contributed by atoms with Crippen molar-refractivity contribution in [3.05, 3.63) is 0 Å². The third kappa shape index (κ3) is 6.14. The highest BCUT2D eigenvalue weighted by atomic mass is 16.4. The van der Waals surface area contributed by atoms with Gasteiger partial charge in [-0.1, -0.05) is 12.8 Å². The maximum atomic E-state index is 12.4. The Bertz CT molecular complexity index is 353. The molecule has 0 saturated carbocycles. The lowest BCUT2D eigenvalue weighted by Crippen LogP contribution is -2.52. The van der Waals surface area contributed by atoms with Gasteiger partial charge in [0.2, 0.25) is 0 Å². The summed E-state index contributed by atoms with van der Waals surface area (Å²) in [5.74, 6) is 1.55. The molecule has 0 fully saturated rings. The van der Waals surface area contributed by atoms with Crippen molar-refractivity contribution in [3.8, 4) is 12.3 Å². The normalized spacial score (nSPS) is 10.7. The number of urea groups is 1. The molecular weight excluding hydrogens is 244 g/mol. The number of carboxylic acid groups (broad SMARTS) is 1. The quantitative estimate of drug-likeness (QED) is 0.750. The molecule has 0 aliphatic carbocycles. The van der Waals surface area contributed by atoms with Gasteiger partial charge in [-0.15, -0.1) is 6.42 Å². The lowest BCUT2D eigenvalue weighted by molar-refractivity contribution is -0.137. The van der Waals surface area contributed by atoms with Gasteiger partial charge >= 0.3 is 12.0 Å². The van der Waals surface area contributed by atoms with Crippen molar-refractivity contribution < 1.29 is 14.7 Å². The highest BCUT2D eigenvalue weighted by molar-refractivity contribution is 5.76. The average molecular weight is 268 g/mol. The summed E-state index contributed by atoms with van der Waals surface area (Å²) in [6, 6.07) is -0.200. The molecule has 0 atom stereocenters. The zero-order valence-corrected chi connectivity index (χ0v) is 12.3. The zero-order valence-electron chi connectivity index (χ0n) is 12.3. The van der Waals surface area contributed by atoms with Crippen LogP contribution in [0.1, 0.15) is 40.5 Å². The first-order valence-electron chi connectivity index (χ1n) is 6.45. The Morgan fingerprint density at radius 3 is 2.21 bits per heavy atom. The van der Waals surface area contributed by atoms with E-state index >= 15 is 0 Å². The van der Waals surface area contributed by atoms with E-state index in [9.17, 15) is 9.59 Å². The van der Waals surface area contributed by atoms with Crippen molar-refractivity contribution in [2.75, 3.05) is 19.6 Å². The number of hydrogen-bond acceptors (Lipinski definition) is 2. The number of carbonyl (C=O) groups excluding carboxylic acids is 1. The maximum Gasteiger partial charge on any atom is 0.321 e. The van der Waals surface area contributed by atoms with Crippen molar-refractivity contribution in [1.82, 2.24) is 9.80 Å². The van der Waals surface area contributed by atoms with Crippen molar-refractivity contribution >= 4 is 12.0 Å². The molecule has 0 heterocycles. The number of rotatable bonds is 6. The lowest BCUT2D eigenvalue weighted by atomic mass is 10.1. The molecular formula is C14H24N2O3. The number of hydrogen-bond donors (Lipinski definition) is 1. The standard InChI is InChI=1S/C14H24N2O3/c1-6-9-15(10-7-2)13(19)16(14(3,4)5)11-8-12(17)18/h1H,7-11H2,2-5H3,(H,17,18). The summed E-state index contributed by atoms with van der Waals surface area (Å²) in [7, 11) is 0. The van der Waals surface area contributed by atoms with Crippen LogP contribution in [-0.2, 0) is 4.79 Å². The summed E-state index contributed by atoms with van der Waals surface area (Å²) in [4.78, 5) is 26.3. The van der Waals surface area contributed by atoms with Gasteiger partial charge in [-0.05, 0) is 27.2 Å². The SMILES string of the molecule is C#CCN(CCC)C(=O)N(CCC(=O)O)C(C)(C)C. The molecule has 0 unspecified atom stereocenters. The van der Waals surface area contributed by atoms with E-state index in [1.54, 1.807) is 9.80 Å². The molecule has 0 aliphatic rings. The molecule has 0 aromatic heterocycles. The fourth-order valence-corrected chi connectivity index (χ4v) is 1.72. The van der Waals surface area contributed by atoms with Gasteiger partial charge in [-0.3, -0.25) is 4.79 Å². The highest BCUT2D eigenvalue weighted by Crippen LogP contribution is 2.16. The van der Waals surface area contributed by atoms with Gasteiger partial charge in [0.15, 0.2) is 0 Å². The minimum Gasteiger partial charge on any atom is -0.481 e. The van der Waals surface area contributed by atoms with Crippen LogP contribution in [0.3, 0.4) is 0 Å². The third-order valence-electron chi connectivity index (χ3n) is 2.64. The second kappa shape index (κ2) is 7.67. The monoisotopic (exact) mass is 268 g/mol. The largest absolute Gasteiger partial charge is 0.481 e. The first-order valence-corrected chi connectivity index (χ1v) is 6.45. The summed E-state index contributed by atoms with van der Waals surface area (Å²) >= 11 is 0. The Kier molecular flexibility index (Phi) is 6.99. The van der Waals surface area contributed by atoms with E-state index in [1.165, 1.54) is 0 Å². The molecule has 0 aliphatic heterocycles. The summed E-state index contributed by atoms with van der Waals surface area (Å²) in [5.41, 5.74) is -0.437. The summed E-state index contributed by atoms with van der Waals surface area (Å²) < 4.78 is 0. The van der Waals surface area contributed by atoms with Gasteiger partial charge in [0.05, 0.1) is 13.0 Å². The smallest absolute Gasteiger partial charge is 0.321 e. The topological polar surface area (TPSA) is 60.9 Å². The molecule has 1 N–H and O–H groups in total. The van der Waals surface area contributed by atoms with Crippen molar-refractivity contribution in [2.45, 2.75) is 46.1 Å². The molecule has 0 spiro atoms. The Hall–Kier alpha value is -1.70. The maximum absolute atomic E-state index is 12.4. The van der Waals surface area contributed by atoms with Crippen LogP contribution >= 0.6 is 0 Å². The van der Waals surface area contributed by atoms with Crippen LogP contribution in [0.5, 0.6) is 0 Å². The van der Waals surface area contributed by atoms with E-state index in [0.717, 1.165) is 6.42 Å². The van der Waals surface area contributed by atoms with Gasteiger partial charge < -0.3 is 14.9 Å². The van der Waals surface area contributed by atoms with E-state index in [4.69, 9.17) is 11.5 Å². The fraction of sp³-hybridized carbons (Fsp3) is 0.714. The Morgan fingerprint density at radius 2 is 1.84 bits per heavy atom. The molecule has 0 rings (SSSR count). The van der Waals surface area contributed by atoms with Gasteiger partial charge in [0.1, 0.15) is 0 Å². The van der Waals surface area contributed by atoms with Crippen molar-refractivity contribution in [1.29, 1.82) is 0 Å². The summed E-state index contributed by atoms with van der Waals surface area (Å²) in [6.07, 6.45) is 6.01. The molecule has 19 heavy (non-hydrogen) atoms. The molecule has 108 valence electrons. The van der Waals surface area contributed by atoms with Gasteiger partial charge in [0, 0.05) is 18.6 Å². The summed E-state index contributed by atoms with van der Waals surface area (Å²) in [6.45, 7) is 8.61. The molecule has 5 heteroatoms. The van der Waals surface area contributed by atoms with E-state index in [2.05, 4.69) is 5.92 Å². The molecule has 0 bridgehead atoms. The van der Waals surface area contributed by atoms with Crippen LogP contribution in [-0.4, -0.2) is 52.1 Å². The van der Waals surface area contributed by atoms with Crippen LogP contribution in [0.2, 0.25) is 0 Å². The summed E-state index contributed by atoms with van der Waals surface area (Å²) in [5, 5.41) is 8.77. The highest BCUT2D eigenvalue weighted by Gasteiger charge is 2.29. The van der Waals surface area contributed by atoms with E-state index in [0.29, 0.717) is 6.54 Å². The van der Waals surface area contributed by atoms with Crippen molar-refractivity contribution in [2.24, 2.45) is 0 Å². The predicted molar refractivity (Wildman–Crippen MR) is 74.8 cm³/mol. The second-order valence-corrected chi connectivity index (χ2v) is 5.37. The number of carbonyl (C=O) groups is 2. The molecule has 0 aromatic rings. The number of amides is 2. The predicted octanol–water partition coefficient (Wildman–Crippen LogP) is 2.03. The first kappa shape index (κ1) is 17.3. The first-order chi connectivity index (χ1) is 8.73. The second-order valence-electron chi connectivity index (χ2n) is 5.37. The van der Waals surface area contributed by atoms with Crippen LogP contribution < -0.4 is 0 Å². The molecule has 0 radical (unpaired) electrons. The van der Waals surface area contributed by atoms with Crippen LogP contribution in [0.4, 0.5) is 4.79 Å².